The number of rotatable bonds is 2. The van der Waals surface area contributed by atoms with Gasteiger partial charge in [-0.15, -0.1) is 10.2 Å². The second-order valence-corrected chi connectivity index (χ2v) is 4.47. The Hall–Kier alpha value is -2.17. The third-order valence-electron chi connectivity index (χ3n) is 3.29. The summed E-state index contributed by atoms with van der Waals surface area (Å²) in [6, 6.07) is 8.26. The Balaban J connectivity index is 2.06. The lowest BCUT2D eigenvalue weighted by Gasteiger charge is -1.97. The first-order chi connectivity index (χ1) is 8.43. The van der Waals surface area contributed by atoms with Gasteiger partial charge in [-0.3, -0.25) is 0 Å². The summed E-state index contributed by atoms with van der Waals surface area (Å²) >= 11 is 0. The van der Waals surface area contributed by atoms with Crippen molar-refractivity contribution in [1.29, 1.82) is 0 Å². The van der Waals surface area contributed by atoms with Gasteiger partial charge < -0.3 is 4.98 Å². The lowest BCUT2D eigenvalue weighted by molar-refractivity contribution is 0.881. The van der Waals surface area contributed by atoms with Crippen molar-refractivity contribution in [2.75, 3.05) is 0 Å². The third kappa shape index (κ3) is 1.28. The van der Waals surface area contributed by atoms with Gasteiger partial charge in [0.05, 0.1) is 5.56 Å². The molecule has 1 saturated carbocycles. The highest BCUT2D eigenvalue weighted by Crippen LogP contribution is 2.45. The van der Waals surface area contributed by atoms with Gasteiger partial charge >= 0.3 is 0 Å². The van der Waals surface area contributed by atoms with Crippen LogP contribution in [-0.2, 0) is 0 Å². The Kier molecular flexibility index (Phi) is 1.66. The fraction of sp³-hybridized carbons (Fsp3) is 0.250. The molecule has 0 atom stereocenters. The van der Waals surface area contributed by atoms with Crippen molar-refractivity contribution in [1.82, 2.24) is 25.6 Å². The van der Waals surface area contributed by atoms with E-state index in [-0.39, 0.29) is 0 Å². The van der Waals surface area contributed by atoms with Crippen molar-refractivity contribution in [3.8, 4) is 11.4 Å². The molecule has 0 saturated heterocycles. The number of nitrogens with zero attached hydrogens (tertiary/aromatic N) is 3. The normalized spacial score (nSPS) is 15.5. The minimum absolute atomic E-state index is 0.635. The molecule has 1 aromatic carbocycles. The van der Waals surface area contributed by atoms with E-state index in [4.69, 9.17) is 0 Å². The third-order valence-corrected chi connectivity index (χ3v) is 3.29. The summed E-state index contributed by atoms with van der Waals surface area (Å²) in [6.07, 6.45) is 2.50. The maximum absolute atomic E-state index is 4.11. The molecule has 1 fully saturated rings. The molecular formula is C12H11N5. The van der Waals surface area contributed by atoms with E-state index in [1.807, 2.05) is 12.1 Å². The van der Waals surface area contributed by atoms with Crippen LogP contribution >= 0.6 is 0 Å². The van der Waals surface area contributed by atoms with E-state index < -0.39 is 0 Å². The van der Waals surface area contributed by atoms with Gasteiger partial charge in [-0.25, -0.2) is 0 Å². The Morgan fingerprint density at radius 3 is 2.82 bits per heavy atom. The molecule has 5 nitrogen and oxygen atoms in total. The van der Waals surface area contributed by atoms with Gasteiger partial charge in [-0.05, 0) is 30.0 Å². The van der Waals surface area contributed by atoms with Gasteiger partial charge in [0.15, 0.2) is 0 Å². The first-order valence-electron chi connectivity index (χ1n) is 5.78. The second kappa shape index (κ2) is 3.16. The Labute approximate surface area is 97.2 Å². The Bertz CT molecular complexity index is 663. The van der Waals surface area contributed by atoms with Crippen LogP contribution in [0.1, 0.15) is 24.5 Å². The monoisotopic (exact) mass is 225 g/mol. The highest BCUT2D eigenvalue weighted by molar-refractivity contribution is 5.96. The molecule has 2 N–H and O–H groups in total. The first kappa shape index (κ1) is 8.92. The minimum atomic E-state index is 0.635. The van der Waals surface area contributed by atoms with Crippen molar-refractivity contribution in [3.05, 3.63) is 30.0 Å². The summed E-state index contributed by atoms with van der Waals surface area (Å²) in [4.78, 5) is 3.49. The number of hydrogen-bond acceptors (Lipinski definition) is 3. The van der Waals surface area contributed by atoms with Gasteiger partial charge in [0.1, 0.15) is 0 Å². The van der Waals surface area contributed by atoms with Crippen LogP contribution < -0.4 is 0 Å². The zero-order chi connectivity index (χ0) is 11.2. The molecule has 0 unspecified atom stereocenters. The fourth-order valence-electron chi connectivity index (χ4n) is 2.35. The number of nitrogens with one attached hydrogen (secondary N) is 2. The number of benzene rings is 1. The van der Waals surface area contributed by atoms with Crippen LogP contribution in [0.2, 0.25) is 0 Å². The van der Waals surface area contributed by atoms with Crippen LogP contribution in [0.15, 0.2) is 24.3 Å². The van der Waals surface area contributed by atoms with Crippen molar-refractivity contribution in [3.63, 3.8) is 0 Å². The van der Waals surface area contributed by atoms with E-state index in [0.717, 1.165) is 11.1 Å². The van der Waals surface area contributed by atoms with Crippen LogP contribution in [-0.4, -0.2) is 25.6 Å². The molecule has 4 rings (SSSR count). The highest BCUT2D eigenvalue weighted by Gasteiger charge is 2.30. The lowest BCUT2D eigenvalue weighted by atomic mass is 10.1. The molecule has 0 aliphatic heterocycles. The SMILES string of the molecule is c1ccc2c(-c3nn[nH]n3)c(C3CC3)[nH]c2c1. The molecule has 1 aliphatic carbocycles. The first-order valence-corrected chi connectivity index (χ1v) is 5.78. The molecule has 0 amide bonds. The molecule has 5 heteroatoms. The van der Waals surface area contributed by atoms with Crippen molar-refractivity contribution >= 4 is 10.9 Å². The van der Waals surface area contributed by atoms with Gasteiger partial charge in [-0.2, -0.15) is 5.21 Å². The van der Waals surface area contributed by atoms with Crippen molar-refractivity contribution < 1.29 is 0 Å². The van der Waals surface area contributed by atoms with E-state index in [1.165, 1.54) is 23.9 Å². The molecule has 1 aliphatic rings. The molecule has 17 heavy (non-hydrogen) atoms. The Morgan fingerprint density at radius 2 is 2.06 bits per heavy atom. The lowest BCUT2D eigenvalue weighted by Crippen LogP contribution is -1.86. The largest absolute Gasteiger partial charge is 0.358 e. The second-order valence-electron chi connectivity index (χ2n) is 4.47. The van der Waals surface area contributed by atoms with Gasteiger partial charge in [0.2, 0.25) is 5.82 Å². The van der Waals surface area contributed by atoms with Gasteiger partial charge in [0, 0.05) is 16.6 Å². The summed E-state index contributed by atoms with van der Waals surface area (Å²) in [5.41, 5.74) is 3.51. The van der Waals surface area contributed by atoms with Crippen LogP contribution in [0.4, 0.5) is 0 Å². The molecule has 0 radical (unpaired) electrons. The van der Waals surface area contributed by atoms with Crippen molar-refractivity contribution in [2.45, 2.75) is 18.8 Å². The maximum atomic E-state index is 4.11. The molecule has 3 aromatic rings. The van der Waals surface area contributed by atoms with Crippen LogP contribution in [0.25, 0.3) is 22.3 Å². The average molecular weight is 225 g/mol. The number of fused-ring (bicyclic) bond motifs is 1. The zero-order valence-corrected chi connectivity index (χ0v) is 9.14. The van der Waals surface area contributed by atoms with E-state index in [0.29, 0.717) is 11.7 Å². The summed E-state index contributed by atoms with van der Waals surface area (Å²) in [7, 11) is 0. The fourth-order valence-corrected chi connectivity index (χ4v) is 2.35. The van der Waals surface area contributed by atoms with E-state index >= 15 is 0 Å². The number of hydrogen-bond donors (Lipinski definition) is 2. The quantitative estimate of drug-likeness (QED) is 0.702. The number of aromatic amines is 2. The van der Waals surface area contributed by atoms with Crippen LogP contribution in [0.3, 0.4) is 0 Å². The molecule has 2 aromatic heterocycles. The average Bonchev–Trinajstić information content (AvgIpc) is 2.92. The minimum Gasteiger partial charge on any atom is -0.358 e. The highest BCUT2D eigenvalue weighted by atomic mass is 15.5. The smallest absolute Gasteiger partial charge is 0.207 e. The standard InChI is InChI=1S/C12H11N5/c1-2-4-9-8(3-1)10(12-14-16-17-15-12)11(13-9)7-5-6-7/h1-4,7,13H,5-6H2,(H,14,15,16,17). The summed E-state index contributed by atoms with van der Waals surface area (Å²) in [6.45, 7) is 0. The molecule has 2 heterocycles. The zero-order valence-electron chi connectivity index (χ0n) is 9.14. The van der Waals surface area contributed by atoms with E-state index in [1.54, 1.807) is 0 Å². The summed E-state index contributed by atoms with van der Waals surface area (Å²) in [5, 5.41) is 15.6. The van der Waals surface area contributed by atoms with Gasteiger partial charge in [0.25, 0.3) is 0 Å². The molecule has 0 bridgehead atoms. The number of aromatic nitrogens is 5. The van der Waals surface area contributed by atoms with Crippen LogP contribution in [0.5, 0.6) is 0 Å². The topological polar surface area (TPSA) is 70.2 Å². The van der Waals surface area contributed by atoms with E-state index in [2.05, 4.69) is 37.7 Å². The predicted octanol–water partition coefficient (Wildman–Crippen LogP) is 2.23. The number of para-hydroxylation sites is 1. The maximum Gasteiger partial charge on any atom is 0.207 e. The summed E-state index contributed by atoms with van der Waals surface area (Å²) < 4.78 is 0. The Morgan fingerprint density at radius 1 is 1.18 bits per heavy atom. The molecule has 84 valence electrons. The van der Waals surface area contributed by atoms with Crippen LogP contribution in [0, 0.1) is 0 Å². The predicted molar refractivity (Wildman–Crippen MR) is 63.4 cm³/mol. The molecular weight excluding hydrogens is 214 g/mol. The van der Waals surface area contributed by atoms with Crippen molar-refractivity contribution in [2.24, 2.45) is 0 Å². The summed E-state index contributed by atoms with van der Waals surface area (Å²) in [5.74, 6) is 1.32. The number of H-pyrrole nitrogens is 2. The number of tetrazole rings is 1. The van der Waals surface area contributed by atoms with Gasteiger partial charge in [-0.1, -0.05) is 18.2 Å². The van der Waals surface area contributed by atoms with E-state index in [9.17, 15) is 0 Å². The molecule has 0 spiro atoms.